The van der Waals surface area contributed by atoms with Crippen LogP contribution < -0.4 is 5.32 Å². The van der Waals surface area contributed by atoms with Crippen molar-refractivity contribution in [1.29, 1.82) is 0 Å². The zero-order valence-corrected chi connectivity index (χ0v) is 19.0. The van der Waals surface area contributed by atoms with E-state index in [1.807, 2.05) is 42.9 Å². The second kappa shape index (κ2) is 8.55. The fourth-order valence-electron chi connectivity index (χ4n) is 4.33. The second-order valence-electron chi connectivity index (χ2n) is 8.18. The summed E-state index contributed by atoms with van der Waals surface area (Å²) in [4.78, 5) is 11.1. The Labute approximate surface area is 193 Å². The molecule has 6 heteroatoms. The van der Waals surface area contributed by atoms with Crippen LogP contribution in [0.2, 0.25) is 0 Å². The van der Waals surface area contributed by atoms with Gasteiger partial charge in [-0.3, -0.25) is 9.97 Å². The van der Waals surface area contributed by atoms with Crippen molar-refractivity contribution in [2.24, 2.45) is 0 Å². The molecule has 1 aliphatic heterocycles. The highest BCUT2D eigenvalue weighted by atomic mass is 32.1. The molecule has 4 aromatic rings. The monoisotopic (exact) mass is 439 g/mol. The lowest BCUT2D eigenvalue weighted by atomic mass is 10.0. The van der Waals surface area contributed by atoms with E-state index in [0.29, 0.717) is 6.54 Å². The molecule has 0 aliphatic carbocycles. The summed E-state index contributed by atoms with van der Waals surface area (Å²) >= 11 is 5.83. The fourth-order valence-corrected chi connectivity index (χ4v) is 4.63. The van der Waals surface area contributed by atoms with Crippen molar-refractivity contribution in [3.05, 3.63) is 114 Å². The Hall–Kier alpha value is -3.51. The van der Waals surface area contributed by atoms with E-state index >= 15 is 0 Å². The third-order valence-electron chi connectivity index (χ3n) is 6.15. The van der Waals surface area contributed by atoms with E-state index < -0.39 is 0 Å². The molecule has 32 heavy (non-hydrogen) atoms. The van der Waals surface area contributed by atoms with Crippen LogP contribution >= 0.6 is 12.2 Å². The second-order valence-corrected chi connectivity index (χ2v) is 8.57. The molecule has 4 heterocycles. The molecule has 0 unspecified atom stereocenters. The van der Waals surface area contributed by atoms with Crippen LogP contribution in [0, 0.1) is 13.8 Å². The molecule has 0 radical (unpaired) electrons. The maximum atomic E-state index is 5.83. The molecular weight excluding hydrogens is 414 g/mol. The molecule has 0 spiro atoms. The smallest absolute Gasteiger partial charge is 0.170 e. The minimum atomic E-state index is -0.0502. The maximum Gasteiger partial charge on any atom is 0.170 e. The number of hydrogen-bond acceptors (Lipinski definition) is 3. The molecule has 1 aromatic carbocycles. The van der Waals surface area contributed by atoms with Gasteiger partial charge in [0.2, 0.25) is 0 Å². The molecule has 0 amide bonds. The zero-order chi connectivity index (χ0) is 22.1. The van der Waals surface area contributed by atoms with Gasteiger partial charge in [-0.15, -0.1) is 0 Å². The Kier molecular flexibility index (Phi) is 5.45. The van der Waals surface area contributed by atoms with E-state index in [-0.39, 0.29) is 12.1 Å². The van der Waals surface area contributed by atoms with E-state index in [2.05, 4.69) is 81.2 Å². The summed E-state index contributed by atoms with van der Waals surface area (Å²) in [6, 6.07) is 20.9. The Bertz CT molecular complexity index is 1240. The summed E-state index contributed by atoms with van der Waals surface area (Å²) < 4.78 is 2.27. The Morgan fingerprint density at radius 1 is 0.938 bits per heavy atom. The number of nitrogens with one attached hydrogen (secondary N) is 1. The number of pyridine rings is 2. The largest absolute Gasteiger partial charge is 0.352 e. The summed E-state index contributed by atoms with van der Waals surface area (Å²) in [6.45, 7) is 4.99. The molecule has 1 N–H and O–H groups in total. The number of aryl methyl sites for hydroxylation is 2. The number of aromatic nitrogens is 3. The maximum absolute atomic E-state index is 5.83. The van der Waals surface area contributed by atoms with Crippen molar-refractivity contribution in [2.75, 3.05) is 0 Å². The van der Waals surface area contributed by atoms with Gasteiger partial charge in [0.25, 0.3) is 0 Å². The van der Waals surface area contributed by atoms with Crippen LogP contribution in [0.5, 0.6) is 0 Å². The van der Waals surface area contributed by atoms with Crippen molar-refractivity contribution >= 4 is 17.3 Å². The van der Waals surface area contributed by atoms with Crippen molar-refractivity contribution in [1.82, 2.24) is 24.8 Å². The highest BCUT2D eigenvalue weighted by Gasteiger charge is 2.41. The van der Waals surface area contributed by atoms with E-state index in [4.69, 9.17) is 12.2 Å². The highest BCUT2D eigenvalue weighted by Crippen LogP contribution is 2.40. The summed E-state index contributed by atoms with van der Waals surface area (Å²) in [6.07, 6.45) is 7.61. The van der Waals surface area contributed by atoms with Gasteiger partial charge >= 0.3 is 0 Å². The van der Waals surface area contributed by atoms with Crippen LogP contribution in [0.1, 0.15) is 40.2 Å². The standard InChI is InChI=1S/C26H25N5S/c1-18-8-9-21(16-19(18)2)30-15-5-7-23(30)25-24(22-6-3-4-12-28-22)29-26(32)31(25)17-20-10-13-27-14-11-20/h3-16,24-25H,17H2,1-2H3,(H,29,32)/t24-,25-/m1/s1. The predicted molar refractivity (Wildman–Crippen MR) is 130 cm³/mol. The quantitative estimate of drug-likeness (QED) is 0.441. The summed E-state index contributed by atoms with van der Waals surface area (Å²) in [5.41, 5.74) is 7.03. The SMILES string of the molecule is Cc1ccc(-n2cccc2[C@@H]2[C@@H](c3ccccn3)NC(=S)N2Cc2ccncc2)cc1C. The average Bonchev–Trinajstić information content (AvgIpc) is 3.42. The van der Waals surface area contributed by atoms with E-state index in [1.54, 1.807) is 0 Å². The third-order valence-corrected chi connectivity index (χ3v) is 6.50. The first kappa shape index (κ1) is 20.4. The van der Waals surface area contributed by atoms with Crippen LogP contribution in [-0.2, 0) is 6.54 Å². The van der Waals surface area contributed by atoms with Crippen LogP contribution in [0.3, 0.4) is 0 Å². The molecule has 1 fully saturated rings. The van der Waals surface area contributed by atoms with Crippen molar-refractivity contribution in [2.45, 2.75) is 32.5 Å². The molecule has 1 aliphatic rings. The third kappa shape index (κ3) is 3.78. The van der Waals surface area contributed by atoms with Crippen molar-refractivity contribution in [3.8, 4) is 5.69 Å². The molecule has 0 saturated carbocycles. The van der Waals surface area contributed by atoms with E-state index in [0.717, 1.165) is 16.5 Å². The minimum Gasteiger partial charge on any atom is -0.352 e. The Morgan fingerprint density at radius 3 is 2.53 bits per heavy atom. The van der Waals surface area contributed by atoms with Crippen molar-refractivity contribution in [3.63, 3.8) is 0 Å². The molecule has 2 atom stereocenters. The van der Waals surface area contributed by atoms with Crippen molar-refractivity contribution < 1.29 is 0 Å². The van der Waals surface area contributed by atoms with Gasteiger partial charge < -0.3 is 14.8 Å². The van der Waals surface area contributed by atoms with E-state index in [1.165, 1.54) is 22.4 Å². The van der Waals surface area contributed by atoms with Gasteiger partial charge in [-0.1, -0.05) is 12.1 Å². The molecule has 160 valence electrons. The van der Waals surface area contributed by atoms with Gasteiger partial charge in [-0.2, -0.15) is 0 Å². The number of hydrogen-bond donors (Lipinski definition) is 1. The first-order valence-electron chi connectivity index (χ1n) is 10.7. The number of rotatable bonds is 5. The van der Waals surface area contributed by atoms with Gasteiger partial charge in [-0.25, -0.2) is 0 Å². The molecule has 0 bridgehead atoms. The first-order valence-corrected chi connectivity index (χ1v) is 11.1. The zero-order valence-electron chi connectivity index (χ0n) is 18.1. The lowest BCUT2D eigenvalue weighted by Gasteiger charge is -2.29. The van der Waals surface area contributed by atoms with Gasteiger partial charge in [0.05, 0.1) is 17.8 Å². The van der Waals surface area contributed by atoms with Gasteiger partial charge in [-0.05, 0) is 91.3 Å². The number of thiocarbonyl (C=S) groups is 1. The Morgan fingerprint density at radius 2 is 1.78 bits per heavy atom. The van der Waals surface area contributed by atoms with Gasteiger partial charge in [0.15, 0.2) is 5.11 Å². The molecule has 1 saturated heterocycles. The summed E-state index contributed by atoms with van der Waals surface area (Å²) in [5, 5.41) is 4.28. The normalized spacial score (nSPS) is 18.1. The minimum absolute atomic E-state index is 0.0119. The highest BCUT2D eigenvalue weighted by molar-refractivity contribution is 7.80. The van der Waals surface area contributed by atoms with E-state index in [9.17, 15) is 0 Å². The average molecular weight is 440 g/mol. The summed E-state index contributed by atoms with van der Waals surface area (Å²) in [5.74, 6) is 0. The molecule has 5 rings (SSSR count). The number of nitrogens with zero attached hydrogens (tertiary/aromatic N) is 4. The Balaban J connectivity index is 1.61. The fraction of sp³-hybridized carbons (Fsp3) is 0.192. The van der Waals surface area contributed by atoms with Crippen LogP contribution in [-0.4, -0.2) is 24.5 Å². The predicted octanol–water partition coefficient (Wildman–Crippen LogP) is 5.06. The van der Waals surface area contributed by atoms with Crippen LogP contribution in [0.15, 0.2) is 85.5 Å². The lowest BCUT2D eigenvalue weighted by Crippen LogP contribution is -2.30. The number of benzene rings is 1. The first-order chi connectivity index (χ1) is 15.6. The van der Waals surface area contributed by atoms with Crippen LogP contribution in [0.4, 0.5) is 0 Å². The molecule has 3 aromatic heterocycles. The molecular formula is C26H25N5S. The summed E-state index contributed by atoms with van der Waals surface area (Å²) in [7, 11) is 0. The lowest BCUT2D eigenvalue weighted by molar-refractivity contribution is 0.302. The topological polar surface area (TPSA) is 46.0 Å². The van der Waals surface area contributed by atoms with Gasteiger partial charge in [0.1, 0.15) is 0 Å². The molecule has 5 nitrogen and oxygen atoms in total. The van der Waals surface area contributed by atoms with Crippen LogP contribution in [0.25, 0.3) is 5.69 Å². The van der Waals surface area contributed by atoms with Gasteiger partial charge in [0, 0.05) is 42.7 Å².